The van der Waals surface area contributed by atoms with E-state index in [0.29, 0.717) is 17.9 Å². The molecule has 112 valence electrons. The molecule has 0 aliphatic rings. The molecule has 0 radical (unpaired) electrons. The minimum atomic E-state index is -0.394. The molecule has 0 atom stereocenters. The maximum absolute atomic E-state index is 11.6. The van der Waals surface area contributed by atoms with Crippen molar-refractivity contribution in [3.05, 3.63) is 40.2 Å². The third kappa shape index (κ3) is 4.08. The fraction of sp³-hybridized carbons (Fsp3) is 0.375. The van der Waals surface area contributed by atoms with Gasteiger partial charge in [0.05, 0.1) is 0 Å². The average molecular weight is 289 g/mol. The molecule has 1 amide bonds. The number of carbonyl (C=O) groups excluding carboxylic acids is 1. The van der Waals surface area contributed by atoms with Gasteiger partial charge in [0.1, 0.15) is 11.3 Å². The first-order valence-electron chi connectivity index (χ1n) is 7.04. The number of aryl methyl sites for hydroxylation is 1. The van der Waals surface area contributed by atoms with Crippen LogP contribution in [0.5, 0.6) is 5.75 Å². The summed E-state index contributed by atoms with van der Waals surface area (Å²) in [5.74, 6) is 0.344. The van der Waals surface area contributed by atoms with E-state index in [0.717, 1.165) is 23.8 Å². The molecule has 0 fully saturated rings. The summed E-state index contributed by atoms with van der Waals surface area (Å²) in [6.07, 6.45) is 1.98. The molecular formula is C16H19NO4. The topological polar surface area (TPSA) is 68.5 Å². The lowest BCUT2D eigenvalue weighted by Gasteiger charge is -2.08. The number of fused-ring (bicyclic) bond motifs is 1. The minimum Gasteiger partial charge on any atom is -0.484 e. The van der Waals surface area contributed by atoms with Gasteiger partial charge in [-0.25, -0.2) is 4.79 Å². The first kappa shape index (κ1) is 15.1. The Balaban J connectivity index is 2.03. The van der Waals surface area contributed by atoms with Crippen LogP contribution in [0, 0.1) is 6.92 Å². The monoisotopic (exact) mass is 289 g/mol. The molecule has 0 spiro atoms. The first-order chi connectivity index (χ1) is 10.1. The van der Waals surface area contributed by atoms with Crippen LogP contribution in [0.25, 0.3) is 11.0 Å². The molecule has 2 aromatic rings. The second-order valence-electron chi connectivity index (χ2n) is 4.90. The fourth-order valence-electron chi connectivity index (χ4n) is 2.00. The van der Waals surface area contributed by atoms with E-state index >= 15 is 0 Å². The van der Waals surface area contributed by atoms with Crippen molar-refractivity contribution in [2.75, 3.05) is 13.2 Å². The molecule has 21 heavy (non-hydrogen) atoms. The highest BCUT2D eigenvalue weighted by molar-refractivity contribution is 5.81. The van der Waals surface area contributed by atoms with Crippen LogP contribution < -0.4 is 15.7 Å². The zero-order valence-corrected chi connectivity index (χ0v) is 12.3. The Morgan fingerprint density at radius 2 is 2.14 bits per heavy atom. The van der Waals surface area contributed by atoms with E-state index < -0.39 is 5.63 Å². The highest BCUT2D eigenvalue weighted by Gasteiger charge is 2.06. The van der Waals surface area contributed by atoms with Crippen LogP contribution in [-0.2, 0) is 4.79 Å². The van der Waals surface area contributed by atoms with E-state index in [1.54, 1.807) is 12.1 Å². The van der Waals surface area contributed by atoms with Gasteiger partial charge in [0.15, 0.2) is 6.61 Å². The zero-order valence-electron chi connectivity index (χ0n) is 12.3. The molecule has 0 unspecified atom stereocenters. The zero-order chi connectivity index (χ0) is 15.2. The van der Waals surface area contributed by atoms with E-state index in [1.165, 1.54) is 6.07 Å². The van der Waals surface area contributed by atoms with Crippen molar-refractivity contribution in [2.24, 2.45) is 0 Å². The predicted octanol–water partition coefficient (Wildman–Crippen LogP) is 2.40. The number of ether oxygens (including phenoxy) is 1. The number of rotatable bonds is 6. The largest absolute Gasteiger partial charge is 0.484 e. The summed E-state index contributed by atoms with van der Waals surface area (Å²) in [5, 5.41) is 3.63. The SMILES string of the molecule is CCCCNC(=O)COc1ccc2c(C)cc(=O)oc2c1. The quantitative estimate of drug-likeness (QED) is 0.655. The number of benzene rings is 1. The highest BCUT2D eigenvalue weighted by Crippen LogP contribution is 2.22. The summed E-state index contributed by atoms with van der Waals surface area (Å²) in [6.45, 7) is 4.52. The molecule has 5 heteroatoms. The summed E-state index contributed by atoms with van der Waals surface area (Å²) >= 11 is 0. The summed E-state index contributed by atoms with van der Waals surface area (Å²) in [4.78, 5) is 22.9. The lowest BCUT2D eigenvalue weighted by molar-refractivity contribution is -0.123. The molecular weight excluding hydrogens is 270 g/mol. The number of nitrogens with one attached hydrogen (secondary N) is 1. The average Bonchev–Trinajstić information content (AvgIpc) is 2.45. The molecule has 2 rings (SSSR count). The Hall–Kier alpha value is -2.30. The molecule has 0 saturated carbocycles. The molecule has 0 aliphatic heterocycles. The van der Waals surface area contributed by atoms with Crippen LogP contribution in [0.15, 0.2) is 33.5 Å². The van der Waals surface area contributed by atoms with Crippen molar-refractivity contribution in [1.82, 2.24) is 5.32 Å². The van der Waals surface area contributed by atoms with Crippen molar-refractivity contribution in [3.63, 3.8) is 0 Å². The minimum absolute atomic E-state index is 0.0503. The maximum atomic E-state index is 11.6. The normalized spacial score (nSPS) is 10.6. The molecule has 1 aromatic carbocycles. The Morgan fingerprint density at radius 3 is 2.90 bits per heavy atom. The standard InChI is InChI=1S/C16H19NO4/c1-3-4-7-17-15(18)10-20-12-5-6-13-11(2)8-16(19)21-14(13)9-12/h5-6,8-9H,3-4,7,10H2,1-2H3,(H,17,18). The molecule has 5 nitrogen and oxygen atoms in total. The Labute approximate surface area is 122 Å². The van der Waals surface area contributed by atoms with Crippen LogP contribution in [0.2, 0.25) is 0 Å². The molecule has 1 heterocycles. The van der Waals surface area contributed by atoms with Gasteiger partial charge in [-0.15, -0.1) is 0 Å². The Morgan fingerprint density at radius 1 is 1.33 bits per heavy atom. The summed E-state index contributed by atoms with van der Waals surface area (Å²) in [6, 6.07) is 6.65. The summed E-state index contributed by atoms with van der Waals surface area (Å²) < 4.78 is 10.5. The van der Waals surface area contributed by atoms with Crippen molar-refractivity contribution in [1.29, 1.82) is 0 Å². The fourth-order valence-corrected chi connectivity index (χ4v) is 2.00. The number of carbonyl (C=O) groups is 1. The molecule has 0 saturated heterocycles. The number of amides is 1. The second kappa shape index (κ2) is 6.92. The van der Waals surface area contributed by atoms with Crippen LogP contribution in [0.4, 0.5) is 0 Å². The number of unbranched alkanes of at least 4 members (excludes halogenated alkanes) is 1. The predicted molar refractivity (Wildman–Crippen MR) is 80.6 cm³/mol. The Bertz CT molecular complexity index is 690. The lowest BCUT2D eigenvalue weighted by Crippen LogP contribution is -2.29. The third-order valence-corrected chi connectivity index (χ3v) is 3.15. The summed E-state index contributed by atoms with van der Waals surface area (Å²) in [5.41, 5.74) is 0.920. The second-order valence-corrected chi connectivity index (χ2v) is 4.90. The van der Waals surface area contributed by atoms with Gasteiger partial charge in [0.2, 0.25) is 0 Å². The van der Waals surface area contributed by atoms with Gasteiger partial charge >= 0.3 is 5.63 Å². The first-order valence-corrected chi connectivity index (χ1v) is 7.04. The van der Waals surface area contributed by atoms with Crippen molar-refractivity contribution in [2.45, 2.75) is 26.7 Å². The molecule has 0 bridgehead atoms. The van der Waals surface area contributed by atoms with Gasteiger partial charge in [-0.1, -0.05) is 13.3 Å². The van der Waals surface area contributed by atoms with Crippen molar-refractivity contribution in [3.8, 4) is 5.75 Å². The highest BCUT2D eigenvalue weighted by atomic mass is 16.5. The van der Waals surface area contributed by atoms with Crippen molar-refractivity contribution < 1.29 is 13.9 Å². The van der Waals surface area contributed by atoms with Gasteiger partial charge < -0.3 is 14.5 Å². The van der Waals surface area contributed by atoms with Crippen LogP contribution in [0.3, 0.4) is 0 Å². The van der Waals surface area contributed by atoms with E-state index in [4.69, 9.17) is 9.15 Å². The summed E-state index contributed by atoms with van der Waals surface area (Å²) in [7, 11) is 0. The van der Waals surface area contributed by atoms with E-state index in [-0.39, 0.29) is 12.5 Å². The molecule has 0 aliphatic carbocycles. The van der Waals surface area contributed by atoms with Gasteiger partial charge in [-0.3, -0.25) is 4.79 Å². The van der Waals surface area contributed by atoms with Gasteiger partial charge in [-0.2, -0.15) is 0 Å². The third-order valence-electron chi connectivity index (χ3n) is 3.15. The van der Waals surface area contributed by atoms with Gasteiger partial charge in [0, 0.05) is 24.1 Å². The molecule has 1 aromatic heterocycles. The van der Waals surface area contributed by atoms with Crippen LogP contribution in [-0.4, -0.2) is 19.1 Å². The van der Waals surface area contributed by atoms with E-state index in [9.17, 15) is 9.59 Å². The van der Waals surface area contributed by atoms with Crippen molar-refractivity contribution >= 4 is 16.9 Å². The lowest BCUT2D eigenvalue weighted by atomic mass is 10.1. The number of hydrogen-bond donors (Lipinski definition) is 1. The van der Waals surface area contributed by atoms with Crippen LogP contribution >= 0.6 is 0 Å². The van der Waals surface area contributed by atoms with E-state index in [1.807, 2.05) is 13.0 Å². The van der Waals surface area contributed by atoms with Gasteiger partial charge in [-0.05, 0) is 31.0 Å². The van der Waals surface area contributed by atoms with Crippen LogP contribution in [0.1, 0.15) is 25.3 Å². The maximum Gasteiger partial charge on any atom is 0.336 e. The number of hydrogen-bond acceptors (Lipinski definition) is 4. The molecule has 1 N–H and O–H groups in total. The van der Waals surface area contributed by atoms with E-state index in [2.05, 4.69) is 12.2 Å². The Kier molecular flexibility index (Phi) is 4.98. The van der Waals surface area contributed by atoms with Gasteiger partial charge in [0.25, 0.3) is 5.91 Å². The smallest absolute Gasteiger partial charge is 0.336 e.